The van der Waals surface area contributed by atoms with Crippen molar-refractivity contribution in [2.24, 2.45) is 0 Å². The van der Waals surface area contributed by atoms with Crippen LogP contribution in [0.2, 0.25) is 0 Å². The average Bonchev–Trinajstić information content (AvgIpc) is 2.36. The van der Waals surface area contributed by atoms with Gasteiger partial charge in [0.05, 0.1) is 6.54 Å². The first kappa shape index (κ1) is 13.5. The van der Waals surface area contributed by atoms with E-state index in [9.17, 15) is 0 Å². The summed E-state index contributed by atoms with van der Waals surface area (Å²) in [5.41, 5.74) is 1.10. The second-order valence-corrected chi connectivity index (χ2v) is 3.78. The van der Waals surface area contributed by atoms with E-state index in [2.05, 4.69) is 40.0 Å². The van der Waals surface area contributed by atoms with Crippen LogP contribution in [0.4, 0.5) is 5.82 Å². The molecule has 4 heteroatoms. The van der Waals surface area contributed by atoms with Gasteiger partial charge in [0.25, 0.3) is 0 Å². The highest BCUT2D eigenvalue weighted by Crippen LogP contribution is 2.15. The van der Waals surface area contributed by atoms with E-state index < -0.39 is 0 Å². The monoisotopic (exact) mass is 232 g/mol. The van der Waals surface area contributed by atoms with Gasteiger partial charge in [-0.2, -0.15) is 0 Å². The van der Waals surface area contributed by atoms with Crippen LogP contribution in [0.5, 0.6) is 0 Å². The van der Waals surface area contributed by atoms with Crippen molar-refractivity contribution in [1.82, 2.24) is 15.3 Å². The van der Waals surface area contributed by atoms with Gasteiger partial charge in [-0.15, -0.1) is 6.42 Å². The lowest BCUT2D eigenvalue weighted by Gasteiger charge is -2.22. The molecular formula is C13H20N4. The van der Waals surface area contributed by atoms with Gasteiger partial charge in [0, 0.05) is 24.8 Å². The fourth-order valence-corrected chi connectivity index (χ4v) is 1.66. The fourth-order valence-electron chi connectivity index (χ4n) is 1.66. The number of terminal acetylenes is 1. The number of nitrogens with one attached hydrogen (secondary N) is 1. The molecule has 1 N–H and O–H groups in total. The van der Waals surface area contributed by atoms with Crippen molar-refractivity contribution in [2.75, 3.05) is 24.5 Å². The fraction of sp³-hybridized carbons (Fsp3) is 0.538. The van der Waals surface area contributed by atoms with Crippen LogP contribution >= 0.6 is 0 Å². The van der Waals surface area contributed by atoms with Crippen LogP contribution in [0.3, 0.4) is 0 Å². The molecule has 0 saturated heterocycles. The summed E-state index contributed by atoms with van der Waals surface area (Å²) in [4.78, 5) is 10.5. The van der Waals surface area contributed by atoms with E-state index in [4.69, 9.17) is 6.42 Å². The largest absolute Gasteiger partial charge is 0.345 e. The number of anilines is 1. The highest BCUT2D eigenvalue weighted by Gasteiger charge is 2.10. The van der Waals surface area contributed by atoms with Crippen LogP contribution < -0.4 is 10.2 Å². The van der Waals surface area contributed by atoms with Gasteiger partial charge in [-0.1, -0.05) is 19.8 Å². The molecule has 0 saturated carbocycles. The van der Waals surface area contributed by atoms with Crippen LogP contribution in [-0.4, -0.2) is 29.6 Å². The molecule has 0 spiro atoms. The Hall–Kier alpha value is -1.60. The molecule has 0 bridgehead atoms. The molecule has 17 heavy (non-hydrogen) atoms. The maximum atomic E-state index is 5.40. The van der Waals surface area contributed by atoms with E-state index in [1.807, 2.05) is 6.20 Å². The molecule has 0 fully saturated rings. The average molecular weight is 232 g/mol. The van der Waals surface area contributed by atoms with E-state index in [0.717, 1.165) is 37.4 Å². The Morgan fingerprint density at radius 2 is 2.29 bits per heavy atom. The van der Waals surface area contributed by atoms with E-state index in [-0.39, 0.29) is 0 Å². The Kier molecular flexibility index (Phi) is 6.05. The quantitative estimate of drug-likeness (QED) is 0.722. The summed E-state index contributed by atoms with van der Waals surface area (Å²) >= 11 is 0. The number of hydrogen-bond acceptors (Lipinski definition) is 4. The van der Waals surface area contributed by atoms with Crippen LogP contribution in [0.1, 0.15) is 25.8 Å². The zero-order valence-corrected chi connectivity index (χ0v) is 10.6. The van der Waals surface area contributed by atoms with Crippen molar-refractivity contribution in [3.05, 3.63) is 18.1 Å². The van der Waals surface area contributed by atoms with E-state index in [1.165, 1.54) is 0 Å². The van der Waals surface area contributed by atoms with Crippen molar-refractivity contribution in [3.8, 4) is 12.3 Å². The summed E-state index contributed by atoms with van der Waals surface area (Å²) in [6.07, 6.45) is 9.87. The third-order valence-electron chi connectivity index (χ3n) is 2.40. The number of aromatic nitrogens is 2. The van der Waals surface area contributed by atoms with Crippen LogP contribution in [0.15, 0.2) is 12.5 Å². The molecule has 1 heterocycles. The predicted molar refractivity (Wildman–Crippen MR) is 70.7 cm³/mol. The van der Waals surface area contributed by atoms with Crippen molar-refractivity contribution >= 4 is 5.82 Å². The SMILES string of the molecule is C#CCN(CCC)c1ncncc1CNCC. The van der Waals surface area contributed by atoms with Gasteiger partial charge >= 0.3 is 0 Å². The van der Waals surface area contributed by atoms with Crippen LogP contribution in [0.25, 0.3) is 0 Å². The highest BCUT2D eigenvalue weighted by atomic mass is 15.2. The van der Waals surface area contributed by atoms with Crippen molar-refractivity contribution in [2.45, 2.75) is 26.8 Å². The van der Waals surface area contributed by atoms with Gasteiger partial charge in [0.1, 0.15) is 12.1 Å². The normalized spacial score (nSPS) is 9.94. The molecule has 92 valence electrons. The molecule has 4 nitrogen and oxygen atoms in total. The second-order valence-electron chi connectivity index (χ2n) is 3.78. The van der Waals surface area contributed by atoms with Gasteiger partial charge in [0.2, 0.25) is 0 Å². The number of nitrogens with zero attached hydrogens (tertiary/aromatic N) is 3. The van der Waals surface area contributed by atoms with Crippen LogP contribution in [0, 0.1) is 12.3 Å². The smallest absolute Gasteiger partial charge is 0.137 e. The molecular weight excluding hydrogens is 212 g/mol. The minimum atomic E-state index is 0.587. The molecule has 0 amide bonds. The maximum absolute atomic E-state index is 5.40. The maximum Gasteiger partial charge on any atom is 0.137 e. The van der Waals surface area contributed by atoms with Gasteiger partial charge in [0.15, 0.2) is 0 Å². The Morgan fingerprint density at radius 1 is 1.47 bits per heavy atom. The summed E-state index contributed by atoms with van der Waals surface area (Å²) < 4.78 is 0. The summed E-state index contributed by atoms with van der Waals surface area (Å²) in [5, 5.41) is 3.29. The molecule has 1 aromatic heterocycles. The molecule has 0 radical (unpaired) electrons. The standard InChI is InChI=1S/C13H20N4/c1-4-7-17(8-5-2)13-12(9-14-6-3)10-15-11-16-13/h1,10-11,14H,5-9H2,2-3H3. The zero-order valence-electron chi connectivity index (χ0n) is 10.6. The van der Waals surface area contributed by atoms with Crippen molar-refractivity contribution in [3.63, 3.8) is 0 Å². The predicted octanol–water partition coefficient (Wildman–Crippen LogP) is 1.44. The summed E-state index contributed by atoms with van der Waals surface area (Å²) in [7, 11) is 0. The lowest BCUT2D eigenvalue weighted by atomic mass is 10.2. The first-order valence-electron chi connectivity index (χ1n) is 6.01. The molecule has 1 rings (SSSR count). The number of hydrogen-bond donors (Lipinski definition) is 1. The van der Waals surface area contributed by atoms with E-state index >= 15 is 0 Å². The minimum Gasteiger partial charge on any atom is -0.345 e. The van der Waals surface area contributed by atoms with Gasteiger partial charge < -0.3 is 10.2 Å². The Bertz CT molecular complexity index is 370. The molecule has 0 atom stereocenters. The van der Waals surface area contributed by atoms with Crippen molar-refractivity contribution < 1.29 is 0 Å². The lowest BCUT2D eigenvalue weighted by Crippen LogP contribution is -2.27. The third kappa shape index (κ3) is 4.04. The highest BCUT2D eigenvalue weighted by molar-refractivity contribution is 5.46. The van der Waals surface area contributed by atoms with Gasteiger partial charge in [-0.25, -0.2) is 9.97 Å². The van der Waals surface area contributed by atoms with Crippen LogP contribution in [-0.2, 0) is 6.54 Å². The minimum absolute atomic E-state index is 0.587. The molecule has 0 aliphatic rings. The zero-order chi connectivity index (χ0) is 12.5. The van der Waals surface area contributed by atoms with Gasteiger partial charge in [-0.05, 0) is 13.0 Å². The van der Waals surface area contributed by atoms with E-state index in [1.54, 1.807) is 6.33 Å². The molecule has 0 unspecified atom stereocenters. The molecule has 0 aliphatic carbocycles. The topological polar surface area (TPSA) is 41.1 Å². The molecule has 0 aliphatic heterocycles. The summed E-state index contributed by atoms with van der Waals surface area (Å²) in [6, 6.07) is 0. The molecule has 1 aromatic rings. The second kappa shape index (κ2) is 7.64. The third-order valence-corrected chi connectivity index (χ3v) is 2.40. The first-order valence-corrected chi connectivity index (χ1v) is 6.01. The lowest BCUT2D eigenvalue weighted by molar-refractivity contribution is 0.710. The van der Waals surface area contributed by atoms with Gasteiger partial charge in [-0.3, -0.25) is 0 Å². The van der Waals surface area contributed by atoms with E-state index in [0.29, 0.717) is 6.54 Å². The Labute approximate surface area is 103 Å². The Morgan fingerprint density at radius 3 is 2.94 bits per heavy atom. The van der Waals surface area contributed by atoms with Crippen molar-refractivity contribution in [1.29, 1.82) is 0 Å². The molecule has 0 aromatic carbocycles. The summed E-state index contributed by atoms with van der Waals surface area (Å²) in [5.74, 6) is 3.62. The number of rotatable bonds is 7. The Balaban J connectivity index is 2.88. The first-order chi connectivity index (χ1) is 8.33. The summed E-state index contributed by atoms with van der Waals surface area (Å²) in [6.45, 7) is 7.42.